The first-order valence-electron chi connectivity index (χ1n) is 7.72. The van der Waals surface area contributed by atoms with Crippen molar-refractivity contribution in [1.29, 1.82) is 0 Å². The van der Waals surface area contributed by atoms with Crippen molar-refractivity contribution in [3.05, 3.63) is 0 Å². The van der Waals surface area contributed by atoms with E-state index in [1.807, 2.05) is 27.7 Å². The van der Waals surface area contributed by atoms with E-state index < -0.39 is 0 Å². The number of rotatable bonds is 2. The van der Waals surface area contributed by atoms with Crippen LogP contribution in [0.3, 0.4) is 0 Å². The molecule has 104 valence electrons. The molecule has 0 heteroatoms. The lowest BCUT2D eigenvalue weighted by Gasteiger charge is -1.79. The summed E-state index contributed by atoms with van der Waals surface area (Å²) < 4.78 is 0. The van der Waals surface area contributed by atoms with Gasteiger partial charge in [-0.25, -0.2) is 0 Å². The smallest absolute Gasteiger partial charge is 0.0443 e. The van der Waals surface area contributed by atoms with Gasteiger partial charge < -0.3 is 0 Å². The molecular formula is C16H40. The van der Waals surface area contributed by atoms with Crippen molar-refractivity contribution in [1.82, 2.24) is 0 Å². The Labute approximate surface area is 107 Å². The lowest BCUT2D eigenvalue weighted by atomic mass is 10.3. The van der Waals surface area contributed by atoms with E-state index in [0.29, 0.717) is 0 Å². The van der Waals surface area contributed by atoms with E-state index in [1.165, 1.54) is 38.5 Å². The van der Waals surface area contributed by atoms with Crippen LogP contribution in [0.1, 0.15) is 101 Å². The Balaban J connectivity index is -0.0000000596. The molecule has 0 N–H and O–H groups in total. The highest BCUT2D eigenvalue weighted by molar-refractivity contribution is 4.65. The van der Waals surface area contributed by atoms with Gasteiger partial charge in [0.1, 0.15) is 0 Å². The minimum absolute atomic E-state index is 1.08. The molecule has 0 aromatic rings. The van der Waals surface area contributed by atoms with Gasteiger partial charge in [0.15, 0.2) is 0 Å². The summed E-state index contributed by atoms with van der Waals surface area (Å²) in [5.41, 5.74) is 0. The van der Waals surface area contributed by atoms with Gasteiger partial charge in [0.25, 0.3) is 0 Å². The van der Waals surface area contributed by atoms with Crippen molar-refractivity contribution < 1.29 is 0 Å². The third-order valence-corrected chi connectivity index (χ3v) is 1.57. The molecule has 0 amide bonds. The zero-order valence-electron chi connectivity index (χ0n) is 13.8. The number of hydrogen-bond acceptors (Lipinski definition) is 0. The zero-order valence-corrected chi connectivity index (χ0v) is 13.8. The Bertz CT molecular complexity index is 51.1. The maximum Gasteiger partial charge on any atom is -0.0443 e. The molecule has 0 aliphatic heterocycles. The average molecular weight is 232 g/mol. The molecule has 0 heterocycles. The molecule has 16 heavy (non-hydrogen) atoms. The van der Waals surface area contributed by atoms with Gasteiger partial charge in [0.2, 0.25) is 0 Å². The Morgan fingerprint density at radius 2 is 0.938 bits per heavy atom. The molecule has 0 unspecified atom stereocenters. The maximum atomic E-state index is 2.28. The number of unbranched alkanes of at least 4 members (excludes halogenated alkanes) is 2. The fraction of sp³-hybridized carbons (Fsp3) is 1.00. The summed E-state index contributed by atoms with van der Waals surface area (Å²) in [6, 6.07) is 0. The third-order valence-electron chi connectivity index (χ3n) is 1.57. The lowest BCUT2D eigenvalue weighted by Crippen LogP contribution is -1.59. The molecule has 1 fully saturated rings. The Hall–Kier alpha value is 0. The number of hydrogen-bond donors (Lipinski definition) is 0. The van der Waals surface area contributed by atoms with Crippen molar-refractivity contribution in [3.63, 3.8) is 0 Å². The quantitative estimate of drug-likeness (QED) is 0.477. The van der Waals surface area contributed by atoms with Crippen molar-refractivity contribution in [3.8, 4) is 0 Å². The summed E-state index contributed by atoms with van der Waals surface area (Å²) in [5, 5.41) is 0. The first kappa shape index (κ1) is 25.0. The average Bonchev–Trinajstić information content (AvgIpc) is 3.10. The van der Waals surface area contributed by atoms with Crippen LogP contribution in [0.5, 0.6) is 0 Å². The van der Waals surface area contributed by atoms with Gasteiger partial charge in [-0.05, 0) is 5.92 Å². The highest BCUT2D eigenvalue weighted by atomic mass is 14.2. The van der Waals surface area contributed by atoms with Crippen molar-refractivity contribution in [2.45, 2.75) is 101 Å². The monoisotopic (exact) mass is 232 g/mol. The van der Waals surface area contributed by atoms with E-state index in [2.05, 4.69) is 34.6 Å². The Morgan fingerprint density at radius 1 is 0.750 bits per heavy atom. The fourth-order valence-electron chi connectivity index (χ4n) is 0.520. The molecule has 0 aromatic heterocycles. The second-order valence-corrected chi connectivity index (χ2v) is 3.74. The summed E-state index contributed by atoms with van der Waals surface area (Å²) in [6.07, 6.45) is 8.30. The summed E-state index contributed by atoms with van der Waals surface area (Å²) >= 11 is 0. The van der Waals surface area contributed by atoms with E-state index in [1.54, 1.807) is 0 Å². The van der Waals surface area contributed by atoms with Gasteiger partial charge in [-0.2, -0.15) is 0 Å². The molecule has 1 saturated carbocycles. The van der Waals surface area contributed by atoms with Crippen molar-refractivity contribution in [2.75, 3.05) is 0 Å². The normalized spacial score (nSPS) is 11.1. The molecule has 1 aliphatic rings. The predicted octanol–water partition coefficient (Wildman–Crippen LogP) is 7.08. The van der Waals surface area contributed by atoms with Gasteiger partial charge in [0.05, 0.1) is 0 Å². The van der Waals surface area contributed by atoms with E-state index in [-0.39, 0.29) is 0 Å². The standard InChI is InChI=1S/C5H12.C4H8.C3H8.2C2H6/c1-3-5-4-2;1-4-2-3-4;1-3-2;2*1-2/h3-5H2,1-2H3;4H,2-3H2,1H3;3H2,1-2H3;2*1-2H3. The van der Waals surface area contributed by atoms with E-state index in [4.69, 9.17) is 0 Å². The molecule has 0 atom stereocenters. The summed E-state index contributed by atoms with van der Waals surface area (Å²) in [6.45, 7) is 19.0. The van der Waals surface area contributed by atoms with Crippen molar-refractivity contribution in [2.24, 2.45) is 5.92 Å². The highest BCUT2D eigenvalue weighted by Crippen LogP contribution is 2.26. The summed E-state index contributed by atoms with van der Waals surface area (Å²) in [7, 11) is 0. The van der Waals surface area contributed by atoms with E-state index >= 15 is 0 Å². The predicted molar refractivity (Wildman–Crippen MR) is 82.3 cm³/mol. The second-order valence-electron chi connectivity index (χ2n) is 3.74. The van der Waals surface area contributed by atoms with E-state index in [0.717, 1.165) is 5.92 Å². The first-order valence-corrected chi connectivity index (χ1v) is 7.72. The van der Waals surface area contributed by atoms with Gasteiger partial charge >= 0.3 is 0 Å². The van der Waals surface area contributed by atoms with Crippen LogP contribution in [0.2, 0.25) is 0 Å². The SMILES string of the molecule is CC.CC.CC1CC1.CCC.CCCCC. The first-order chi connectivity index (χ1) is 7.72. The van der Waals surface area contributed by atoms with Crippen LogP contribution < -0.4 is 0 Å². The largest absolute Gasteiger partial charge is 0.0683 e. The van der Waals surface area contributed by atoms with Crippen LogP contribution in [-0.4, -0.2) is 0 Å². The van der Waals surface area contributed by atoms with Crippen LogP contribution in [0.15, 0.2) is 0 Å². The Morgan fingerprint density at radius 3 is 0.938 bits per heavy atom. The van der Waals surface area contributed by atoms with E-state index in [9.17, 15) is 0 Å². The van der Waals surface area contributed by atoms with Gasteiger partial charge in [-0.15, -0.1) is 0 Å². The van der Waals surface area contributed by atoms with Crippen LogP contribution >= 0.6 is 0 Å². The summed E-state index contributed by atoms with van der Waals surface area (Å²) in [5.74, 6) is 1.08. The summed E-state index contributed by atoms with van der Waals surface area (Å²) in [4.78, 5) is 0. The van der Waals surface area contributed by atoms with Gasteiger partial charge in [-0.1, -0.05) is 101 Å². The minimum Gasteiger partial charge on any atom is -0.0683 e. The van der Waals surface area contributed by atoms with Gasteiger partial charge in [0, 0.05) is 0 Å². The maximum absolute atomic E-state index is 2.28. The molecule has 0 bridgehead atoms. The van der Waals surface area contributed by atoms with Crippen LogP contribution in [0, 0.1) is 5.92 Å². The van der Waals surface area contributed by atoms with Crippen LogP contribution in [0.4, 0.5) is 0 Å². The molecule has 0 nitrogen and oxygen atoms in total. The molecular weight excluding hydrogens is 192 g/mol. The molecule has 0 saturated heterocycles. The highest BCUT2D eigenvalue weighted by Gasteiger charge is 2.12. The second kappa shape index (κ2) is 36.3. The van der Waals surface area contributed by atoms with Gasteiger partial charge in [-0.3, -0.25) is 0 Å². The van der Waals surface area contributed by atoms with Crippen LogP contribution in [-0.2, 0) is 0 Å². The van der Waals surface area contributed by atoms with Crippen molar-refractivity contribution >= 4 is 0 Å². The Kier molecular flexibility index (Phi) is 56.7. The topological polar surface area (TPSA) is 0 Å². The molecule has 0 spiro atoms. The third kappa shape index (κ3) is 94.6. The minimum atomic E-state index is 1.08. The zero-order chi connectivity index (χ0) is 13.8. The fourth-order valence-corrected chi connectivity index (χ4v) is 0.520. The molecule has 1 aliphatic carbocycles. The molecule has 0 radical (unpaired) electrons. The van der Waals surface area contributed by atoms with Crippen LogP contribution in [0.25, 0.3) is 0 Å². The lowest BCUT2D eigenvalue weighted by molar-refractivity contribution is 0.772. The molecule has 0 aromatic carbocycles. The molecule has 1 rings (SSSR count).